The van der Waals surface area contributed by atoms with E-state index < -0.39 is 30.0 Å². The van der Waals surface area contributed by atoms with Crippen molar-refractivity contribution in [3.8, 4) is 22.3 Å². The number of hydrogen-bond donors (Lipinski definition) is 1. The van der Waals surface area contributed by atoms with Gasteiger partial charge in [-0.25, -0.2) is 22.5 Å². The molecule has 1 aromatic heterocycles. The molecule has 1 amide bonds. The smallest absolute Gasteiger partial charge is 0.266 e. The molecule has 2 heterocycles. The Hall–Kier alpha value is -3.42. The summed E-state index contributed by atoms with van der Waals surface area (Å²) in [6, 6.07) is 10.9. The van der Waals surface area contributed by atoms with E-state index in [2.05, 4.69) is 4.98 Å². The van der Waals surface area contributed by atoms with Crippen molar-refractivity contribution >= 4 is 11.7 Å². The number of alkyl halides is 2. The fraction of sp³-hybridized carbons (Fsp3) is 0.217. The maximum atomic E-state index is 14.8. The van der Waals surface area contributed by atoms with Crippen LogP contribution in [0.5, 0.6) is 0 Å². The normalized spacial score (nSPS) is 15.3. The molecule has 1 aliphatic rings. The van der Waals surface area contributed by atoms with Crippen LogP contribution in [0.25, 0.3) is 22.3 Å². The van der Waals surface area contributed by atoms with Gasteiger partial charge in [0, 0.05) is 35.3 Å². The van der Waals surface area contributed by atoms with Crippen molar-refractivity contribution in [2.75, 3.05) is 18.0 Å². The van der Waals surface area contributed by atoms with Gasteiger partial charge in [-0.3, -0.25) is 4.79 Å². The molecular weight excluding hydrogens is 410 g/mol. The van der Waals surface area contributed by atoms with Crippen LogP contribution in [0.3, 0.4) is 0 Å². The lowest BCUT2D eigenvalue weighted by Crippen LogP contribution is -2.26. The van der Waals surface area contributed by atoms with Gasteiger partial charge in [-0.1, -0.05) is 18.2 Å². The van der Waals surface area contributed by atoms with Crippen LogP contribution in [-0.4, -0.2) is 29.9 Å². The van der Waals surface area contributed by atoms with Gasteiger partial charge in [0.15, 0.2) is 0 Å². The molecule has 0 unspecified atom stereocenters. The Morgan fingerprint density at radius 1 is 1.06 bits per heavy atom. The average Bonchev–Trinajstić information content (AvgIpc) is 3.09. The largest absolute Gasteiger partial charge is 0.366 e. The molecule has 0 spiro atoms. The topological polar surface area (TPSA) is 59.2 Å². The number of aryl methyl sites for hydroxylation is 1. The highest BCUT2D eigenvalue weighted by molar-refractivity contribution is 6.04. The maximum Gasteiger partial charge on any atom is 0.266 e. The van der Waals surface area contributed by atoms with E-state index in [0.717, 1.165) is 18.2 Å². The summed E-state index contributed by atoms with van der Waals surface area (Å²) in [7, 11) is 0. The van der Waals surface area contributed by atoms with Crippen LogP contribution < -0.4 is 10.6 Å². The standard InChI is InChI=1S/C23H19F4N3O/c1-13-10-18(17-11-14(24)6-7-19(17)25)20(15-4-2-3-5-16(15)21(28)31)22(29-13)30-9-8-23(26,27)12-30/h2-7,10-11H,8-9,12H2,1H3,(H2,28,31). The molecule has 0 aliphatic carbocycles. The van der Waals surface area contributed by atoms with Crippen molar-refractivity contribution in [2.24, 2.45) is 5.73 Å². The number of aromatic nitrogens is 1. The minimum absolute atomic E-state index is 0.0280. The first-order valence-electron chi connectivity index (χ1n) is 9.65. The van der Waals surface area contributed by atoms with Crippen molar-refractivity contribution in [1.82, 2.24) is 4.98 Å². The van der Waals surface area contributed by atoms with E-state index in [1.54, 1.807) is 31.2 Å². The Kier molecular flexibility index (Phi) is 5.16. The molecule has 1 saturated heterocycles. The molecule has 0 atom stereocenters. The van der Waals surface area contributed by atoms with Gasteiger partial charge < -0.3 is 10.6 Å². The lowest BCUT2D eigenvalue weighted by molar-refractivity contribution is 0.0256. The molecule has 0 bridgehead atoms. The Bertz CT molecular complexity index is 1180. The molecular formula is C23H19F4N3O. The Balaban J connectivity index is 2.07. The molecule has 3 aromatic rings. The third kappa shape index (κ3) is 3.97. The molecule has 1 aliphatic heterocycles. The fourth-order valence-electron chi connectivity index (χ4n) is 3.90. The van der Waals surface area contributed by atoms with Crippen LogP contribution in [0, 0.1) is 18.6 Å². The van der Waals surface area contributed by atoms with E-state index in [9.17, 15) is 22.4 Å². The molecule has 4 rings (SSSR count). The van der Waals surface area contributed by atoms with Crippen molar-refractivity contribution in [2.45, 2.75) is 19.3 Å². The van der Waals surface area contributed by atoms with Gasteiger partial charge >= 0.3 is 0 Å². The Morgan fingerprint density at radius 2 is 1.81 bits per heavy atom. The van der Waals surface area contributed by atoms with Crippen LogP contribution in [0.1, 0.15) is 22.5 Å². The van der Waals surface area contributed by atoms with Crippen molar-refractivity contribution < 1.29 is 22.4 Å². The van der Waals surface area contributed by atoms with Gasteiger partial charge in [0.1, 0.15) is 17.5 Å². The number of rotatable bonds is 4. The van der Waals surface area contributed by atoms with Crippen LogP contribution in [0.4, 0.5) is 23.4 Å². The zero-order chi connectivity index (χ0) is 22.3. The first-order chi connectivity index (χ1) is 14.7. The molecule has 0 saturated carbocycles. The molecule has 2 N–H and O–H groups in total. The number of hydrogen-bond acceptors (Lipinski definition) is 3. The molecule has 2 aromatic carbocycles. The summed E-state index contributed by atoms with van der Waals surface area (Å²) in [4.78, 5) is 18.0. The second-order valence-electron chi connectivity index (χ2n) is 7.57. The molecule has 4 nitrogen and oxygen atoms in total. The van der Waals surface area contributed by atoms with E-state index in [4.69, 9.17) is 5.73 Å². The third-order valence-electron chi connectivity index (χ3n) is 5.28. The number of carbonyl (C=O) groups is 1. The second-order valence-corrected chi connectivity index (χ2v) is 7.57. The highest BCUT2D eigenvalue weighted by Gasteiger charge is 2.40. The summed E-state index contributed by atoms with van der Waals surface area (Å²) in [6.45, 7) is 1.10. The number of primary amides is 1. The number of carbonyl (C=O) groups excluding carboxylic acids is 1. The quantitative estimate of drug-likeness (QED) is 0.598. The number of pyridine rings is 1. The number of nitrogens with two attached hydrogens (primary N) is 1. The highest BCUT2D eigenvalue weighted by Crippen LogP contribution is 2.43. The van der Waals surface area contributed by atoms with Crippen molar-refractivity contribution in [3.63, 3.8) is 0 Å². The molecule has 31 heavy (non-hydrogen) atoms. The summed E-state index contributed by atoms with van der Waals surface area (Å²) < 4.78 is 56.8. The van der Waals surface area contributed by atoms with E-state index in [0.29, 0.717) is 11.3 Å². The highest BCUT2D eigenvalue weighted by atomic mass is 19.3. The number of benzene rings is 2. The van der Waals surface area contributed by atoms with Gasteiger partial charge in [-0.15, -0.1) is 0 Å². The van der Waals surface area contributed by atoms with E-state index in [-0.39, 0.29) is 41.0 Å². The summed E-state index contributed by atoms with van der Waals surface area (Å²) in [5.74, 6) is -4.82. The van der Waals surface area contributed by atoms with Gasteiger partial charge in [-0.05, 0) is 48.4 Å². The van der Waals surface area contributed by atoms with Gasteiger partial charge in [0.25, 0.3) is 5.92 Å². The monoisotopic (exact) mass is 429 g/mol. The molecule has 160 valence electrons. The van der Waals surface area contributed by atoms with Crippen LogP contribution >= 0.6 is 0 Å². The van der Waals surface area contributed by atoms with Gasteiger partial charge in [0.2, 0.25) is 5.91 Å². The number of halogens is 4. The Morgan fingerprint density at radius 3 is 2.48 bits per heavy atom. The average molecular weight is 429 g/mol. The lowest BCUT2D eigenvalue weighted by Gasteiger charge is -2.25. The van der Waals surface area contributed by atoms with Gasteiger partial charge in [0.05, 0.1) is 6.54 Å². The predicted octanol–water partition coefficient (Wildman–Crippen LogP) is 4.95. The zero-order valence-corrected chi connectivity index (χ0v) is 16.6. The van der Waals surface area contributed by atoms with Crippen LogP contribution in [-0.2, 0) is 0 Å². The molecule has 1 fully saturated rings. The predicted molar refractivity (Wildman–Crippen MR) is 110 cm³/mol. The van der Waals surface area contributed by atoms with E-state index in [1.165, 1.54) is 11.0 Å². The van der Waals surface area contributed by atoms with E-state index in [1.807, 2.05) is 0 Å². The third-order valence-corrected chi connectivity index (χ3v) is 5.28. The maximum absolute atomic E-state index is 14.8. The first-order valence-corrected chi connectivity index (χ1v) is 9.65. The van der Waals surface area contributed by atoms with Crippen molar-refractivity contribution in [1.29, 1.82) is 0 Å². The fourth-order valence-corrected chi connectivity index (χ4v) is 3.90. The number of nitrogens with zero attached hydrogens (tertiary/aromatic N) is 2. The minimum atomic E-state index is -2.91. The van der Waals surface area contributed by atoms with E-state index >= 15 is 0 Å². The summed E-state index contributed by atoms with van der Waals surface area (Å²) in [5.41, 5.74) is 6.84. The van der Waals surface area contributed by atoms with Crippen LogP contribution in [0.2, 0.25) is 0 Å². The zero-order valence-electron chi connectivity index (χ0n) is 16.6. The molecule has 0 radical (unpaired) electrons. The first kappa shape index (κ1) is 20.8. The minimum Gasteiger partial charge on any atom is -0.366 e. The van der Waals surface area contributed by atoms with Crippen molar-refractivity contribution in [3.05, 3.63) is 71.4 Å². The lowest BCUT2D eigenvalue weighted by atomic mass is 9.91. The Labute approximate surface area is 176 Å². The van der Waals surface area contributed by atoms with Gasteiger partial charge in [-0.2, -0.15) is 0 Å². The van der Waals surface area contributed by atoms with Crippen LogP contribution in [0.15, 0.2) is 48.5 Å². The molecule has 8 heteroatoms. The summed E-state index contributed by atoms with van der Waals surface area (Å²) in [5, 5.41) is 0. The summed E-state index contributed by atoms with van der Waals surface area (Å²) in [6.07, 6.45) is -0.358. The second kappa shape index (κ2) is 7.68. The number of amides is 1. The number of anilines is 1. The summed E-state index contributed by atoms with van der Waals surface area (Å²) >= 11 is 0. The SMILES string of the molecule is Cc1cc(-c2cc(F)ccc2F)c(-c2ccccc2C(N)=O)c(N2CCC(F)(F)C2)n1.